The topological polar surface area (TPSA) is 20.3 Å². The van der Waals surface area contributed by atoms with Crippen LogP contribution in [-0.4, -0.2) is 19.4 Å². The van der Waals surface area contributed by atoms with E-state index in [1.807, 2.05) is 18.2 Å². The number of aldehydes is 1. The number of carbonyl (C=O) groups excluding carboxylic acids is 1. The van der Waals surface area contributed by atoms with Crippen LogP contribution < -0.4 is 4.90 Å². The van der Waals surface area contributed by atoms with Gasteiger partial charge in [0.25, 0.3) is 0 Å². The van der Waals surface area contributed by atoms with E-state index in [9.17, 15) is 4.79 Å². The highest BCUT2D eigenvalue weighted by molar-refractivity contribution is 9.10. The molecule has 0 aromatic heterocycles. The average molecular weight is 282 g/mol. The molecule has 0 aliphatic heterocycles. The standard InChI is InChI=1S/C13H16BrNO/c1-15(11-4-2-3-5-11)13-7-6-10(9-16)8-12(13)14/h6-9,11H,2-5H2,1H3. The second kappa shape index (κ2) is 5.00. The van der Waals surface area contributed by atoms with Crippen molar-refractivity contribution in [1.82, 2.24) is 0 Å². The van der Waals surface area contributed by atoms with Gasteiger partial charge in [-0.3, -0.25) is 4.79 Å². The largest absolute Gasteiger partial charge is 0.371 e. The van der Waals surface area contributed by atoms with Gasteiger partial charge in [0.15, 0.2) is 0 Å². The van der Waals surface area contributed by atoms with Crippen molar-refractivity contribution in [2.24, 2.45) is 0 Å². The molecular weight excluding hydrogens is 266 g/mol. The molecule has 86 valence electrons. The van der Waals surface area contributed by atoms with Gasteiger partial charge in [-0.05, 0) is 47.0 Å². The maximum atomic E-state index is 10.7. The number of hydrogen-bond donors (Lipinski definition) is 0. The van der Waals surface area contributed by atoms with E-state index >= 15 is 0 Å². The lowest BCUT2D eigenvalue weighted by molar-refractivity contribution is 0.112. The summed E-state index contributed by atoms with van der Waals surface area (Å²) in [5.41, 5.74) is 1.90. The normalized spacial score (nSPS) is 16.4. The SMILES string of the molecule is CN(c1ccc(C=O)cc1Br)C1CCCC1. The lowest BCUT2D eigenvalue weighted by atomic mass is 10.1. The van der Waals surface area contributed by atoms with Crippen LogP contribution >= 0.6 is 15.9 Å². The van der Waals surface area contributed by atoms with Crippen LogP contribution in [0.15, 0.2) is 22.7 Å². The summed E-state index contributed by atoms with van der Waals surface area (Å²) in [7, 11) is 2.14. The minimum absolute atomic E-state index is 0.651. The van der Waals surface area contributed by atoms with Crippen LogP contribution in [0.25, 0.3) is 0 Å². The third-order valence-corrected chi connectivity index (χ3v) is 4.00. The molecule has 0 amide bonds. The second-order valence-corrected chi connectivity index (χ2v) is 5.23. The first-order valence-electron chi connectivity index (χ1n) is 5.70. The van der Waals surface area contributed by atoms with Gasteiger partial charge in [0.2, 0.25) is 0 Å². The van der Waals surface area contributed by atoms with E-state index < -0.39 is 0 Å². The van der Waals surface area contributed by atoms with Gasteiger partial charge in [-0.25, -0.2) is 0 Å². The van der Waals surface area contributed by atoms with Crippen molar-refractivity contribution in [2.45, 2.75) is 31.7 Å². The zero-order valence-electron chi connectivity index (χ0n) is 9.45. The first kappa shape index (κ1) is 11.6. The second-order valence-electron chi connectivity index (χ2n) is 4.38. The molecule has 1 aliphatic rings. The van der Waals surface area contributed by atoms with Crippen LogP contribution in [0.3, 0.4) is 0 Å². The maximum absolute atomic E-state index is 10.7. The Hall–Kier alpha value is -0.830. The van der Waals surface area contributed by atoms with Gasteiger partial charge in [-0.2, -0.15) is 0 Å². The number of halogens is 1. The lowest BCUT2D eigenvalue weighted by Gasteiger charge is -2.27. The van der Waals surface area contributed by atoms with Crippen LogP contribution in [0.4, 0.5) is 5.69 Å². The van der Waals surface area contributed by atoms with Crippen LogP contribution in [-0.2, 0) is 0 Å². The molecule has 1 aromatic rings. The van der Waals surface area contributed by atoms with Gasteiger partial charge < -0.3 is 4.90 Å². The van der Waals surface area contributed by atoms with E-state index in [-0.39, 0.29) is 0 Å². The Labute approximate surface area is 105 Å². The van der Waals surface area contributed by atoms with Gasteiger partial charge in [-0.1, -0.05) is 12.8 Å². The predicted molar refractivity (Wildman–Crippen MR) is 70.2 cm³/mol. The molecule has 1 fully saturated rings. The molecule has 3 heteroatoms. The Morgan fingerprint density at radius 2 is 2.06 bits per heavy atom. The van der Waals surface area contributed by atoms with E-state index in [0.29, 0.717) is 6.04 Å². The van der Waals surface area contributed by atoms with Crippen molar-refractivity contribution in [2.75, 3.05) is 11.9 Å². The maximum Gasteiger partial charge on any atom is 0.150 e. The summed E-state index contributed by atoms with van der Waals surface area (Å²) in [5, 5.41) is 0. The molecule has 1 saturated carbocycles. The average Bonchev–Trinajstić information content (AvgIpc) is 2.81. The summed E-state index contributed by atoms with van der Waals surface area (Å²) < 4.78 is 1.01. The fourth-order valence-corrected chi connectivity index (χ4v) is 3.05. The first-order valence-corrected chi connectivity index (χ1v) is 6.49. The quantitative estimate of drug-likeness (QED) is 0.789. The summed E-state index contributed by atoms with van der Waals surface area (Å²) in [6.45, 7) is 0. The Balaban J connectivity index is 2.22. The molecule has 2 nitrogen and oxygen atoms in total. The van der Waals surface area contributed by atoms with Crippen LogP contribution in [0.1, 0.15) is 36.0 Å². The Bertz CT molecular complexity index is 386. The summed E-state index contributed by atoms with van der Waals surface area (Å²) >= 11 is 3.54. The van der Waals surface area contributed by atoms with Crippen molar-refractivity contribution >= 4 is 27.9 Å². The number of anilines is 1. The zero-order valence-corrected chi connectivity index (χ0v) is 11.0. The monoisotopic (exact) mass is 281 g/mol. The molecule has 1 aliphatic carbocycles. The Kier molecular flexibility index (Phi) is 3.64. The smallest absolute Gasteiger partial charge is 0.150 e. The molecule has 0 N–H and O–H groups in total. The first-order chi connectivity index (χ1) is 7.72. The molecule has 1 aromatic carbocycles. The van der Waals surface area contributed by atoms with Crippen LogP contribution in [0.2, 0.25) is 0 Å². The van der Waals surface area contributed by atoms with E-state index in [0.717, 1.165) is 16.3 Å². The summed E-state index contributed by atoms with van der Waals surface area (Å²) in [6, 6.07) is 6.43. The number of rotatable bonds is 3. The van der Waals surface area contributed by atoms with Gasteiger partial charge in [0.05, 0.1) is 5.69 Å². The molecule has 0 unspecified atom stereocenters. The highest BCUT2D eigenvalue weighted by Crippen LogP contribution is 2.32. The molecule has 0 saturated heterocycles. The molecule has 16 heavy (non-hydrogen) atoms. The van der Waals surface area contributed by atoms with Gasteiger partial charge >= 0.3 is 0 Å². The third kappa shape index (κ3) is 2.29. The molecule has 2 rings (SSSR count). The fourth-order valence-electron chi connectivity index (χ4n) is 2.37. The summed E-state index contributed by atoms with van der Waals surface area (Å²) in [4.78, 5) is 13.0. The third-order valence-electron chi connectivity index (χ3n) is 3.36. The molecule has 0 spiro atoms. The van der Waals surface area contributed by atoms with Crippen LogP contribution in [0, 0.1) is 0 Å². The Morgan fingerprint density at radius 3 is 2.62 bits per heavy atom. The molecule has 0 atom stereocenters. The van der Waals surface area contributed by atoms with E-state index in [4.69, 9.17) is 0 Å². The highest BCUT2D eigenvalue weighted by Gasteiger charge is 2.21. The van der Waals surface area contributed by atoms with E-state index in [1.165, 1.54) is 31.4 Å². The van der Waals surface area contributed by atoms with Gasteiger partial charge in [-0.15, -0.1) is 0 Å². The number of hydrogen-bond acceptors (Lipinski definition) is 2. The molecule has 0 bridgehead atoms. The van der Waals surface area contributed by atoms with Crippen molar-refractivity contribution < 1.29 is 4.79 Å². The molecular formula is C13H16BrNO. The number of nitrogens with zero attached hydrogens (tertiary/aromatic N) is 1. The van der Waals surface area contributed by atoms with E-state index in [2.05, 4.69) is 27.9 Å². The summed E-state index contributed by atoms with van der Waals surface area (Å²) in [6.07, 6.45) is 6.10. The fraction of sp³-hybridized carbons (Fsp3) is 0.462. The minimum atomic E-state index is 0.651. The summed E-state index contributed by atoms with van der Waals surface area (Å²) in [5.74, 6) is 0. The zero-order chi connectivity index (χ0) is 11.5. The Morgan fingerprint density at radius 1 is 1.38 bits per heavy atom. The van der Waals surface area contributed by atoms with Crippen molar-refractivity contribution in [3.63, 3.8) is 0 Å². The van der Waals surface area contributed by atoms with Gasteiger partial charge in [0, 0.05) is 23.1 Å². The van der Waals surface area contributed by atoms with Gasteiger partial charge in [0.1, 0.15) is 6.29 Å². The number of benzene rings is 1. The lowest BCUT2D eigenvalue weighted by Crippen LogP contribution is -2.29. The van der Waals surface area contributed by atoms with Crippen molar-refractivity contribution in [1.29, 1.82) is 0 Å². The van der Waals surface area contributed by atoms with E-state index in [1.54, 1.807) is 0 Å². The molecule has 0 radical (unpaired) electrons. The number of carbonyl (C=O) groups is 1. The highest BCUT2D eigenvalue weighted by atomic mass is 79.9. The molecule has 0 heterocycles. The van der Waals surface area contributed by atoms with Crippen LogP contribution in [0.5, 0.6) is 0 Å². The van der Waals surface area contributed by atoms with Crippen molar-refractivity contribution in [3.05, 3.63) is 28.2 Å². The van der Waals surface area contributed by atoms with Crippen molar-refractivity contribution in [3.8, 4) is 0 Å². The predicted octanol–water partition coefficient (Wildman–Crippen LogP) is 3.64. The minimum Gasteiger partial charge on any atom is -0.371 e.